The first-order chi connectivity index (χ1) is 12.2. The van der Waals surface area contributed by atoms with E-state index < -0.39 is 0 Å². The standard InChI is InChI=1S/C23H24FN/c1-3-8-20-21(17-10-6-5-7-11-17)16-23(25-22(20)9-4-2)18-12-14-19(24)15-13-18/h5-7,10-16H,3-4,8-9H2,1-2H3. The fraction of sp³-hybridized carbons (Fsp3) is 0.261. The Hall–Kier alpha value is -2.48. The molecule has 0 aliphatic rings. The van der Waals surface area contributed by atoms with E-state index in [1.165, 1.54) is 34.5 Å². The molecule has 0 amide bonds. The molecule has 0 spiro atoms. The summed E-state index contributed by atoms with van der Waals surface area (Å²) in [7, 11) is 0. The second-order valence-electron chi connectivity index (χ2n) is 6.35. The molecule has 0 aliphatic heterocycles. The van der Waals surface area contributed by atoms with Gasteiger partial charge in [-0.2, -0.15) is 0 Å². The highest BCUT2D eigenvalue weighted by atomic mass is 19.1. The van der Waals surface area contributed by atoms with Crippen LogP contribution in [0, 0.1) is 5.82 Å². The lowest BCUT2D eigenvalue weighted by Crippen LogP contribution is -2.03. The molecule has 2 aromatic carbocycles. The van der Waals surface area contributed by atoms with E-state index in [2.05, 4.69) is 44.2 Å². The van der Waals surface area contributed by atoms with Gasteiger partial charge in [-0.1, -0.05) is 57.0 Å². The Morgan fingerprint density at radius 3 is 2.12 bits per heavy atom. The first-order valence-electron chi connectivity index (χ1n) is 9.07. The summed E-state index contributed by atoms with van der Waals surface area (Å²) in [6.07, 6.45) is 4.14. The highest BCUT2D eigenvalue weighted by Crippen LogP contribution is 2.32. The van der Waals surface area contributed by atoms with Crippen molar-refractivity contribution in [2.75, 3.05) is 0 Å². The normalized spacial score (nSPS) is 10.8. The van der Waals surface area contributed by atoms with Crippen LogP contribution in [0.15, 0.2) is 60.7 Å². The molecule has 25 heavy (non-hydrogen) atoms. The summed E-state index contributed by atoms with van der Waals surface area (Å²) in [4.78, 5) is 4.94. The smallest absolute Gasteiger partial charge is 0.123 e. The molecule has 0 unspecified atom stereocenters. The van der Waals surface area contributed by atoms with E-state index in [0.29, 0.717) is 0 Å². The molecule has 0 bridgehead atoms. The summed E-state index contributed by atoms with van der Waals surface area (Å²) < 4.78 is 13.3. The van der Waals surface area contributed by atoms with E-state index >= 15 is 0 Å². The zero-order valence-corrected chi connectivity index (χ0v) is 14.9. The number of nitrogens with zero attached hydrogens (tertiary/aromatic N) is 1. The zero-order valence-electron chi connectivity index (χ0n) is 14.9. The van der Waals surface area contributed by atoms with Gasteiger partial charge >= 0.3 is 0 Å². The van der Waals surface area contributed by atoms with Crippen molar-refractivity contribution in [2.24, 2.45) is 0 Å². The Morgan fingerprint density at radius 1 is 0.800 bits per heavy atom. The lowest BCUT2D eigenvalue weighted by atomic mass is 9.92. The predicted octanol–water partition coefficient (Wildman–Crippen LogP) is 6.46. The van der Waals surface area contributed by atoms with Crippen LogP contribution >= 0.6 is 0 Å². The van der Waals surface area contributed by atoms with Crippen molar-refractivity contribution in [2.45, 2.75) is 39.5 Å². The van der Waals surface area contributed by atoms with Crippen LogP contribution < -0.4 is 0 Å². The molecule has 0 radical (unpaired) electrons. The van der Waals surface area contributed by atoms with Gasteiger partial charge in [-0.25, -0.2) is 4.39 Å². The number of aryl methyl sites for hydroxylation is 1. The van der Waals surface area contributed by atoms with E-state index in [1.54, 1.807) is 0 Å². The van der Waals surface area contributed by atoms with Gasteiger partial charge in [0.1, 0.15) is 5.82 Å². The van der Waals surface area contributed by atoms with Crippen molar-refractivity contribution in [1.29, 1.82) is 0 Å². The van der Waals surface area contributed by atoms with Crippen LogP contribution in [0.1, 0.15) is 37.9 Å². The molecular formula is C23H24FN. The van der Waals surface area contributed by atoms with Crippen molar-refractivity contribution in [3.63, 3.8) is 0 Å². The third kappa shape index (κ3) is 3.96. The molecule has 0 atom stereocenters. The molecule has 0 saturated heterocycles. The first kappa shape index (κ1) is 17.3. The maximum absolute atomic E-state index is 13.3. The molecule has 3 aromatic rings. The Bertz CT molecular complexity index is 823. The second-order valence-corrected chi connectivity index (χ2v) is 6.35. The van der Waals surface area contributed by atoms with Gasteiger partial charge < -0.3 is 0 Å². The summed E-state index contributed by atoms with van der Waals surface area (Å²) in [5.74, 6) is -0.219. The number of halogens is 1. The Balaban J connectivity index is 2.20. The second kappa shape index (κ2) is 8.06. The Kier molecular flexibility index (Phi) is 5.60. The summed E-state index contributed by atoms with van der Waals surface area (Å²) in [5.41, 5.74) is 6.86. The van der Waals surface area contributed by atoms with Crippen molar-refractivity contribution in [3.05, 3.63) is 77.7 Å². The van der Waals surface area contributed by atoms with Crippen molar-refractivity contribution in [3.8, 4) is 22.4 Å². The van der Waals surface area contributed by atoms with E-state index in [9.17, 15) is 4.39 Å². The Labute approximate surface area is 149 Å². The highest BCUT2D eigenvalue weighted by Gasteiger charge is 2.14. The van der Waals surface area contributed by atoms with Crippen LogP contribution in [0.2, 0.25) is 0 Å². The number of hydrogen-bond donors (Lipinski definition) is 0. The van der Waals surface area contributed by atoms with Crippen molar-refractivity contribution < 1.29 is 4.39 Å². The zero-order chi connectivity index (χ0) is 17.6. The molecule has 1 aromatic heterocycles. The number of benzene rings is 2. The van der Waals surface area contributed by atoms with Crippen LogP contribution in [0.4, 0.5) is 4.39 Å². The average Bonchev–Trinajstić information content (AvgIpc) is 2.64. The summed E-state index contributed by atoms with van der Waals surface area (Å²) in [6, 6.07) is 19.3. The molecule has 128 valence electrons. The van der Waals surface area contributed by atoms with Gasteiger partial charge in [0, 0.05) is 11.3 Å². The largest absolute Gasteiger partial charge is 0.253 e. The average molecular weight is 333 g/mol. The fourth-order valence-corrected chi connectivity index (χ4v) is 3.24. The van der Waals surface area contributed by atoms with Gasteiger partial charge in [0.15, 0.2) is 0 Å². The van der Waals surface area contributed by atoms with Gasteiger partial charge in [-0.15, -0.1) is 0 Å². The first-order valence-corrected chi connectivity index (χ1v) is 9.07. The van der Waals surface area contributed by atoms with Gasteiger partial charge in [0.2, 0.25) is 0 Å². The van der Waals surface area contributed by atoms with Gasteiger partial charge in [-0.05, 0) is 59.9 Å². The minimum atomic E-state index is -0.219. The number of pyridine rings is 1. The van der Waals surface area contributed by atoms with Gasteiger partial charge in [0.25, 0.3) is 0 Å². The van der Waals surface area contributed by atoms with Crippen molar-refractivity contribution >= 4 is 0 Å². The fourth-order valence-electron chi connectivity index (χ4n) is 3.24. The van der Waals surface area contributed by atoms with Gasteiger partial charge in [-0.3, -0.25) is 4.98 Å². The molecule has 1 heterocycles. The van der Waals surface area contributed by atoms with Crippen LogP contribution in [-0.4, -0.2) is 4.98 Å². The minimum Gasteiger partial charge on any atom is -0.253 e. The monoisotopic (exact) mass is 333 g/mol. The maximum atomic E-state index is 13.3. The maximum Gasteiger partial charge on any atom is 0.123 e. The third-order valence-electron chi connectivity index (χ3n) is 4.42. The summed E-state index contributed by atoms with van der Waals surface area (Å²) in [6.45, 7) is 4.39. The third-order valence-corrected chi connectivity index (χ3v) is 4.42. The van der Waals surface area contributed by atoms with E-state index in [1.807, 2.05) is 18.2 Å². The van der Waals surface area contributed by atoms with E-state index in [4.69, 9.17) is 4.98 Å². The molecule has 0 aliphatic carbocycles. The molecular weight excluding hydrogens is 309 g/mol. The number of aromatic nitrogens is 1. The van der Waals surface area contributed by atoms with Crippen LogP contribution in [0.3, 0.4) is 0 Å². The van der Waals surface area contributed by atoms with Crippen LogP contribution in [-0.2, 0) is 12.8 Å². The highest BCUT2D eigenvalue weighted by molar-refractivity contribution is 5.74. The summed E-state index contributed by atoms with van der Waals surface area (Å²) >= 11 is 0. The van der Waals surface area contributed by atoms with E-state index in [-0.39, 0.29) is 5.82 Å². The lowest BCUT2D eigenvalue weighted by Gasteiger charge is -2.16. The molecule has 1 nitrogen and oxygen atoms in total. The quantitative estimate of drug-likeness (QED) is 0.504. The van der Waals surface area contributed by atoms with Gasteiger partial charge in [0.05, 0.1) is 5.69 Å². The van der Waals surface area contributed by atoms with Crippen LogP contribution in [0.25, 0.3) is 22.4 Å². The molecule has 0 fully saturated rings. The SMILES string of the molecule is CCCc1nc(-c2ccc(F)cc2)cc(-c2ccccc2)c1CCC. The lowest BCUT2D eigenvalue weighted by molar-refractivity contribution is 0.628. The molecule has 0 N–H and O–H groups in total. The molecule has 3 rings (SSSR count). The summed E-state index contributed by atoms with van der Waals surface area (Å²) in [5, 5.41) is 0. The Morgan fingerprint density at radius 2 is 1.48 bits per heavy atom. The molecule has 0 saturated carbocycles. The predicted molar refractivity (Wildman–Crippen MR) is 103 cm³/mol. The van der Waals surface area contributed by atoms with Crippen LogP contribution in [0.5, 0.6) is 0 Å². The van der Waals surface area contributed by atoms with Crippen molar-refractivity contribution in [1.82, 2.24) is 4.98 Å². The minimum absolute atomic E-state index is 0.219. The topological polar surface area (TPSA) is 12.9 Å². The molecule has 2 heteroatoms. The van der Waals surface area contributed by atoms with E-state index in [0.717, 1.165) is 36.9 Å². The number of rotatable bonds is 6. The number of hydrogen-bond acceptors (Lipinski definition) is 1.